The lowest BCUT2D eigenvalue weighted by atomic mass is 10.1. The predicted molar refractivity (Wildman–Crippen MR) is 112 cm³/mol. The number of carbonyl (C=O) groups excluding carboxylic acids is 1. The number of nitrogens with zero attached hydrogens (tertiary/aromatic N) is 4. The highest BCUT2D eigenvalue weighted by atomic mass is 32.1. The topological polar surface area (TPSA) is 83.0 Å². The van der Waals surface area contributed by atoms with Crippen LogP contribution in [0, 0.1) is 12.7 Å². The maximum Gasteiger partial charge on any atom is 0.274 e. The first kappa shape index (κ1) is 19.7. The number of aryl methyl sites for hydroxylation is 1. The first-order valence-electron chi connectivity index (χ1n) is 9.62. The SMILES string of the molecule is CCNC1CN(C(=O)c2nc(N[C@@H](C)c3cncc(F)c3)nc3cc(C)sc23)C1. The normalized spacial score (nSPS) is 15.4. The summed E-state index contributed by atoms with van der Waals surface area (Å²) in [6.07, 6.45) is 2.76. The molecule has 3 aromatic heterocycles. The Morgan fingerprint density at radius 3 is 2.86 bits per heavy atom. The van der Waals surface area contributed by atoms with Crippen LogP contribution in [0.5, 0.6) is 0 Å². The maximum atomic E-state index is 13.5. The minimum Gasteiger partial charge on any atom is -0.348 e. The van der Waals surface area contributed by atoms with Crippen molar-refractivity contribution >= 4 is 33.4 Å². The second-order valence-corrected chi connectivity index (χ2v) is 8.49. The molecule has 0 aliphatic carbocycles. The fraction of sp³-hybridized carbons (Fsp3) is 0.400. The Morgan fingerprint density at radius 2 is 2.14 bits per heavy atom. The van der Waals surface area contributed by atoms with Crippen molar-refractivity contribution in [3.63, 3.8) is 0 Å². The van der Waals surface area contributed by atoms with E-state index in [9.17, 15) is 9.18 Å². The summed E-state index contributed by atoms with van der Waals surface area (Å²) in [4.78, 5) is 28.9. The first-order chi connectivity index (χ1) is 13.9. The minimum absolute atomic E-state index is 0.0865. The summed E-state index contributed by atoms with van der Waals surface area (Å²) >= 11 is 1.52. The summed E-state index contributed by atoms with van der Waals surface area (Å²) in [5, 5.41) is 6.53. The lowest BCUT2D eigenvalue weighted by Crippen LogP contribution is -2.59. The van der Waals surface area contributed by atoms with Gasteiger partial charge in [-0.05, 0) is 38.1 Å². The molecule has 0 aromatic carbocycles. The maximum absolute atomic E-state index is 13.5. The zero-order valence-electron chi connectivity index (χ0n) is 16.6. The molecule has 1 atom stereocenters. The number of halogens is 1. The molecule has 4 rings (SSSR count). The van der Waals surface area contributed by atoms with Crippen molar-refractivity contribution in [2.24, 2.45) is 0 Å². The van der Waals surface area contributed by atoms with Gasteiger partial charge >= 0.3 is 0 Å². The van der Waals surface area contributed by atoms with Crippen LogP contribution in [0.25, 0.3) is 10.2 Å². The van der Waals surface area contributed by atoms with Crippen LogP contribution >= 0.6 is 11.3 Å². The van der Waals surface area contributed by atoms with Gasteiger partial charge in [-0.3, -0.25) is 9.78 Å². The predicted octanol–water partition coefficient (Wildman–Crippen LogP) is 3.14. The van der Waals surface area contributed by atoms with E-state index in [1.165, 1.54) is 17.4 Å². The number of aromatic nitrogens is 3. The molecule has 1 aliphatic rings. The van der Waals surface area contributed by atoms with Crippen LogP contribution in [0.4, 0.5) is 10.3 Å². The van der Waals surface area contributed by atoms with Crippen molar-refractivity contribution < 1.29 is 9.18 Å². The molecule has 0 unspecified atom stereocenters. The third kappa shape index (κ3) is 4.06. The Hall–Kier alpha value is -2.65. The number of hydrogen-bond acceptors (Lipinski definition) is 7. The molecule has 0 bridgehead atoms. The Balaban J connectivity index is 1.61. The van der Waals surface area contributed by atoms with E-state index >= 15 is 0 Å². The molecule has 1 saturated heterocycles. The van der Waals surface area contributed by atoms with Gasteiger partial charge in [0.25, 0.3) is 5.91 Å². The molecule has 0 radical (unpaired) electrons. The van der Waals surface area contributed by atoms with E-state index in [1.807, 2.05) is 19.9 Å². The number of pyridine rings is 1. The van der Waals surface area contributed by atoms with Gasteiger partial charge in [0.15, 0.2) is 5.69 Å². The molecule has 1 fully saturated rings. The molecular formula is C20H23FN6OS. The number of carbonyl (C=O) groups is 1. The number of amides is 1. The number of hydrogen-bond donors (Lipinski definition) is 2. The number of likely N-dealkylation sites (tertiary alicyclic amines) is 1. The van der Waals surface area contributed by atoms with Gasteiger partial charge in [-0.25, -0.2) is 14.4 Å². The van der Waals surface area contributed by atoms with Gasteiger partial charge in [-0.2, -0.15) is 0 Å². The van der Waals surface area contributed by atoms with Crippen LogP contribution < -0.4 is 10.6 Å². The van der Waals surface area contributed by atoms with Crippen LogP contribution in [0.15, 0.2) is 24.5 Å². The minimum atomic E-state index is -0.398. The van der Waals surface area contributed by atoms with Crippen LogP contribution in [-0.4, -0.2) is 51.4 Å². The summed E-state index contributed by atoms with van der Waals surface area (Å²) < 4.78 is 14.3. The van der Waals surface area contributed by atoms with Gasteiger partial charge in [0.1, 0.15) is 5.82 Å². The Morgan fingerprint density at radius 1 is 1.34 bits per heavy atom. The van der Waals surface area contributed by atoms with Crippen LogP contribution in [0.2, 0.25) is 0 Å². The van der Waals surface area contributed by atoms with Gasteiger partial charge in [-0.15, -0.1) is 11.3 Å². The standard InChI is InChI=1S/C20H23FN6OS/c1-4-23-15-9-27(10-15)19(28)17-18-16(5-11(2)29-18)25-20(26-17)24-12(3)13-6-14(21)8-22-7-13/h5-8,12,15,23H,4,9-10H2,1-3H3,(H,24,25,26)/t12-/m0/s1. The van der Waals surface area contributed by atoms with E-state index in [-0.39, 0.29) is 11.9 Å². The Labute approximate surface area is 172 Å². The third-order valence-corrected chi connectivity index (χ3v) is 5.98. The van der Waals surface area contributed by atoms with E-state index in [4.69, 9.17) is 0 Å². The molecule has 2 N–H and O–H groups in total. The molecule has 4 heterocycles. The summed E-state index contributed by atoms with van der Waals surface area (Å²) in [5.74, 6) is -0.138. The number of anilines is 1. The Kier molecular flexibility index (Phi) is 5.42. The van der Waals surface area contributed by atoms with E-state index in [2.05, 4.69) is 32.5 Å². The third-order valence-electron chi connectivity index (χ3n) is 4.93. The van der Waals surface area contributed by atoms with Gasteiger partial charge in [0, 0.05) is 30.2 Å². The van der Waals surface area contributed by atoms with Gasteiger partial charge < -0.3 is 15.5 Å². The monoisotopic (exact) mass is 414 g/mol. The van der Waals surface area contributed by atoms with E-state index < -0.39 is 5.82 Å². The quantitative estimate of drug-likeness (QED) is 0.645. The molecule has 7 nitrogen and oxygen atoms in total. The number of rotatable bonds is 6. The van der Waals surface area contributed by atoms with E-state index in [1.54, 1.807) is 11.1 Å². The van der Waals surface area contributed by atoms with Crippen molar-refractivity contribution in [1.29, 1.82) is 0 Å². The summed E-state index contributed by atoms with van der Waals surface area (Å²) in [6.45, 7) is 8.16. The zero-order chi connectivity index (χ0) is 20.5. The van der Waals surface area contributed by atoms with Crippen molar-refractivity contribution in [2.45, 2.75) is 32.9 Å². The van der Waals surface area contributed by atoms with Crippen molar-refractivity contribution in [3.8, 4) is 0 Å². The molecule has 3 aromatic rings. The largest absolute Gasteiger partial charge is 0.348 e. The second-order valence-electron chi connectivity index (χ2n) is 7.23. The molecule has 9 heteroatoms. The van der Waals surface area contributed by atoms with Crippen molar-refractivity contribution in [1.82, 2.24) is 25.2 Å². The zero-order valence-corrected chi connectivity index (χ0v) is 17.4. The molecule has 29 heavy (non-hydrogen) atoms. The van der Waals surface area contributed by atoms with E-state index in [0.717, 1.165) is 27.8 Å². The fourth-order valence-corrected chi connectivity index (χ4v) is 4.34. The molecule has 0 saturated carbocycles. The molecule has 152 valence electrons. The second kappa shape index (κ2) is 8.00. The van der Waals surface area contributed by atoms with Gasteiger partial charge in [-0.1, -0.05) is 6.92 Å². The number of likely N-dealkylation sites (N-methyl/N-ethyl adjacent to an activating group) is 1. The fourth-order valence-electron chi connectivity index (χ4n) is 3.41. The highest BCUT2D eigenvalue weighted by molar-refractivity contribution is 7.19. The van der Waals surface area contributed by atoms with E-state index in [0.29, 0.717) is 36.3 Å². The van der Waals surface area contributed by atoms with Crippen molar-refractivity contribution in [2.75, 3.05) is 25.0 Å². The lowest BCUT2D eigenvalue weighted by Gasteiger charge is -2.39. The summed E-state index contributed by atoms with van der Waals surface area (Å²) in [6, 6.07) is 3.45. The molecular weight excluding hydrogens is 391 g/mol. The lowest BCUT2D eigenvalue weighted by molar-refractivity contribution is 0.0566. The average Bonchev–Trinajstić information content (AvgIpc) is 3.03. The molecule has 1 amide bonds. The smallest absolute Gasteiger partial charge is 0.274 e. The molecule has 1 aliphatic heterocycles. The van der Waals surface area contributed by atoms with Gasteiger partial charge in [0.2, 0.25) is 5.95 Å². The Bertz CT molecular complexity index is 1050. The first-order valence-corrected chi connectivity index (χ1v) is 10.4. The number of thiophene rings is 1. The van der Waals surface area contributed by atoms with Crippen molar-refractivity contribution in [3.05, 3.63) is 46.5 Å². The number of nitrogens with one attached hydrogen (secondary N) is 2. The van der Waals surface area contributed by atoms with Crippen LogP contribution in [0.1, 0.15) is 40.8 Å². The highest BCUT2D eigenvalue weighted by Crippen LogP contribution is 2.30. The molecule has 0 spiro atoms. The number of fused-ring (bicyclic) bond motifs is 1. The van der Waals surface area contributed by atoms with Crippen LogP contribution in [-0.2, 0) is 0 Å². The van der Waals surface area contributed by atoms with Gasteiger partial charge in [0.05, 0.1) is 22.5 Å². The van der Waals surface area contributed by atoms with Crippen LogP contribution in [0.3, 0.4) is 0 Å². The summed E-state index contributed by atoms with van der Waals surface area (Å²) in [5.41, 5.74) is 1.83. The summed E-state index contributed by atoms with van der Waals surface area (Å²) in [7, 11) is 0. The average molecular weight is 415 g/mol. The highest BCUT2D eigenvalue weighted by Gasteiger charge is 2.32.